The van der Waals surface area contributed by atoms with Crippen molar-refractivity contribution in [2.75, 3.05) is 14.2 Å². The molecule has 0 saturated heterocycles. The summed E-state index contributed by atoms with van der Waals surface area (Å²) in [6, 6.07) is 16.0. The number of benzene rings is 2. The van der Waals surface area contributed by atoms with Crippen LogP contribution in [0, 0.1) is 5.82 Å². The number of rotatable bonds is 6. The van der Waals surface area contributed by atoms with Gasteiger partial charge in [-0.3, -0.25) is 14.6 Å². The predicted molar refractivity (Wildman–Crippen MR) is 128 cm³/mol. The number of nitrogens with zero attached hydrogens (tertiary/aromatic N) is 2. The third-order valence-electron chi connectivity index (χ3n) is 5.64. The van der Waals surface area contributed by atoms with Crippen molar-refractivity contribution in [3.63, 3.8) is 0 Å². The summed E-state index contributed by atoms with van der Waals surface area (Å²) < 4.78 is 25.8. The van der Waals surface area contributed by atoms with Gasteiger partial charge in [-0.15, -0.1) is 0 Å². The van der Waals surface area contributed by atoms with E-state index < -0.39 is 0 Å². The molecule has 0 amide bonds. The summed E-state index contributed by atoms with van der Waals surface area (Å²) >= 11 is 0. The highest BCUT2D eigenvalue weighted by molar-refractivity contribution is 5.90. The highest BCUT2D eigenvalue weighted by atomic mass is 19.1. The van der Waals surface area contributed by atoms with E-state index in [0.717, 1.165) is 46.8 Å². The SMILES string of the molecule is COc1ccc2c(c1)CC(C=O)=C2.COc1ccc2cc(C=O)n(Cc3ncccc3F)c2c1. The number of methoxy groups -OCH3 is 2. The van der Waals surface area contributed by atoms with Gasteiger partial charge in [0.05, 0.1) is 37.7 Å². The number of aldehydes is 2. The van der Waals surface area contributed by atoms with Crippen LogP contribution in [-0.2, 0) is 17.8 Å². The minimum atomic E-state index is -0.390. The van der Waals surface area contributed by atoms with E-state index in [1.807, 2.05) is 42.5 Å². The molecule has 0 saturated carbocycles. The number of hydrogen-bond acceptors (Lipinski definition) is 5. The summed E-state index contributed by atoms with van der Waals surface area (Å²) in [7, 11) is 3.22. The molecule has 7 heteroatoms. The normalized spacial score (nSPS) is 11.8. The topological polar surface area (TPSA) is 70.4 Å². The van der Waals surface area contributed by atoms with Crippen LogP contribution < -0.4 is 9.47 Å². The number of hydrogen-bond donors (Lipinski definition) is 0. The fourth-order valence-corrected chi connectivity index (χ4v) is 3.89. The lowest BCUT2D eigenvalue weighted by atomic mass is 10.1. The Bertz CT molecular complexity index is 1390. The molecule has 1 aliphatic carbocycles. The lowest BCUT2D eigenvalue weighted by Gasteiger charge is -2.08. The van der Waals surface area contributed by atoms with Crippen molar-refractivity contribution in [1.29, 1.82) is 0 Å². The van der Waals surface area contributed by atoms with Crippen LogP contribution in [0.4, 0.5) is 4.39 Å². The molecule has 6 nitrogen and oxygen atoms in total. The Morgan fingerprint density at radius 2 is 1.76 bits per heavy atom. The van der Waals surface area contributed by atoms with Gasteiger partial charge >= 0.3 is 0 Å². The van der Waals surface area contributed by atoms with Crippen LogP contribution in [0.15, 0.2) is 66.4 Å². The molecule has 2 aromatic heterocycles. The zero-order valence-electron chi connectivity index (χ0n) is 18.8. The summed E-state index contributed by atoms with van der Waals surface area (Å²) in [6.45, 7) is 0.192. The van der Waals surface area contributed by atoms with E-state index in [2.05, 4.69) is 4.98 Å². The van der Waals surface area contributed by atoms with Gasteiger partial charge in [0, 0.05) is 24.1 Å². The molecule has 1 aliphatic rings. The molecule has 0 N–H and O–H groups in total. The van der Waals surface area contributed by atoms with Gasteiger partial charge in [-0.1, -0.05) is 6.07 Å². The zero-order chi connectivity index (χ0) is 24.1. The van der Waals surface area contributed by atoms with Gasteiger partial charge in [-0.25, -0.2) is 4.39 Å². The third kappa shape index (κ3) is 4.73. The van der Waals surface area contributed by atoms with Gasteiger partial charge < -0.3 is 14.0 Å². The summed E-state index contributed by atoms with van der Waals surface area (Å²) in [5.74, 6) is 1.14. The molecule has 0 atom stereocenters. The van der Waals surface area contributed by atoms with Crippen LogP contribution >= 0.6 is 0 Å². The van der Waals surface area contributed by atoms with Crippen LogP contribution in [-0.4, -0.2) is 36.3 Å². The maximum atomic E-state index is 13.8. The quantitative estimate of drug-likeness (QED) is 0.385. The first-order valence-electron chi connectivity index (χ1n) is 10.6. The van der Waals surface area contributed by atoms with Gasteiger partial charge in [-0.05, 0) is 65.2 Å². The maximum Gasteiger partial charge on any atom is 0.166 e. The Morgan fingerprint density at radius 1 is 1.00 bits per heavy atom. The Hall–Kier alpha value is -4.26. The molecular formula is C27H23FN2O4. The minimum absolute atomic E-state index is 0.192. The highest BCUT2D eigenvalue weighted by Crippen LogP contribution is 2.27. The van der Waals surface area contributed by atoms with Crippen molar-refractivity contribution in [2.45, 2.75) is 13.0 Å². The van der Waals surface area contributed by atoms with E-state index in [4.69, 9.17) is 9.47 Å². The molecule has 0 radical (unpaired) electrons. The molecule has 0 aliphatic heterocycles. The standard InChI is InChI=1S/C16H13FN2O2.C11H10O2/c1-21-13-5-4-11-7-12(10-20)19(16(11)8-13)9-15-14(17)3-2-6-18-15;1-13-11-3-2-9-4-8(7-12)5-10(9)6-11/h2-8,10H,9H2,1H3;2-4,6-7H,5H2,1H3. The van der Waals surface area contributed by atoms with E-state index >= 15 is 0 Å². The van der Waals surface area contributed by atoms with Crippen molar-refractivity contribution in [3.05, 3.63) is 94.7 Å². The smallest absolute Gasteiger partial charge is 0.166 e. The number of fused-ring (bicyclic) bond motifs is 2. The predicted octanol–water partition coefficient (Wildman–Crippen LogP) is 4.88. The second kappa shape index (κ2) is 10.1. The highest BCUT2D eigenvalue weighted by Gasteiger charge is 2.13. The van der Waals surface area contributed by atoms with Crippen molar-refractivity contribution in [3.8, 4) is 11.5 Å². The molecule has 2 aromatic carbocycles. The average Bonchev–Trinajstić information content (AvgIpc) is 3.45. The number of pyridine rings is 1. The number of allylic oxidation sites excluding steroid dienone is 1. The summed E-state index contributed by atoms with van der Waals surface area (Å²) in [6.07, 6.45) is 5.85. The van der Waals surface area contributed by atoms with Crippen molar-refractivity contribution >= 4 is 29.6 Å². The zero-order valence-corrected chi connectivity index (χ0v) is 18.8. The number of carbonyl (C=O) groups excluding carboxylic acids is 2. The van der Waals surface area contributed by atoms with Crippen LogP contribution in [0.2, 0.25) is 0 Å². The Morgan fingerprint density at radius 3 is 2.47 bits per heavy atom. The molecular weight excluding hydrogens is 435 g/mol. The van der Waals surface area contributed by atoms with E-state index in [9.17, 15) is 14.0 Å². The second-order valence-electron chi connectivity index (χ2n) is 7.71. The molecule has 5 rings (SSSR count). The van der Waals surface area contributed by atoms with Gasteiger partial charge in [-0.2, -0.15) is 0 Å². The van der Waals surface area contributed by atoms with Crippen molar-refractivity contribution in [2.24, 2.45) is 0 Å². The van der Waals surface area contributed by atoms with E-state index in [1.165, 1.54) is 23.9 Å². The summed E-state index contributed by atoms with van der Waals surface area (Å²) in [4.78, 5) is 25.8. The molecule has 34 heavy (non-hydrogen) atoms. The third-order valence-corrected chi connectivity index (χ3v) is 5.64. The first-order chi connectivity index (χ1) is 16.6. The monoisotopic (exact) mass is 458 g/mol. The Labute approximate surface area is 196 Å². The fraction of sp³-hybridized carbons (Fsp3) is 0.148. The molecule has 172 valence electrons. The van der Waals surface area contributed by atoms with Gasteiger partial charge in [0.15, 0.2) is 6.29 Å². The fourth-order valence-electron chi connectivity index (χ4n) is 3.89. The maximum absolute atomic E-state index is 13.8. The second-order valence-corrected chi connectivity index (χ2v) is 7.71. The Balaban J connectivity index is 0.000000180. The van der Waals surface area contributed by atoms with Crippen LogP contribution in [0.5, 0.6) is 11.5 Å². The largest absolute Gasteiger partial charge is 0.497 e. The lowest BCUT2D eigenvalue weighted by Crippen LogP contribution is -2.07. The van der Waals surface area contributed by atoms with E-state index in [1.54, 1.807) is 24.9 Å². The van der Waals surface area contributed by atoms with Crippen LogP contribution in [0.25, 0.3) is 17.0 Å². The number of aromatic nitrogens is 2. The molecule has 0 fully saturated rings. The van der Waals surface area contributed by atoms with Crippen LogP contribution in [0.3, 0.4) is 0 Å². The molecule has 0 bridgehead atoms. The number of ether oxygens (including phenoxy) is 2. The number of carbonyl (C=O) groups is 2. The van der Waals surface area contributed by atoms with Gasteiger partial charge in [0.25, 0.3) is 0 Å². The first-order valence-corrected chi connectivity index (χ1v) is 10.6. The molecule has 0 spiro atoms. The minimum Gasteiger partial charge on any atom is -0.497 e. The van der Waals surface area contributed by atoms with Crippen molar-refractivity contribution in [1.82, 2.24) is 9.55 Å². The van der Waals surface area contributed by atoms with Crippen molar-refractivity contribution < 1.29 is 23.5 Å². The lowest BCUT2D eigenvalue weighted by molar-refractivity contribution is -0.104. The summed E-state index contributed by atoms with van der Waals surface area (Å²) in [5.41, 5.74) is 4.71. The van der Waals surface area contributed by atoms with E-state index in [0.29, 0.717) is 17.1 Å². The van der Waals surface area contributed by atoms with Crippen LogP contribution in [0.1, 0.15) is 27.3 Å². The Kier molecular flexibility index (Phi) is 6.82. The number of halogens is 1. The molecule has 4 aromatic rings. The molecule has 2 heterocycles. The van der Waals surface area contributed by atoms with Gasteiger partial charge in [0.1, 0.15) is 23.6 Å². The molecule has 0 unspecified atom stereocenters. The average molecular weight is 458 g/mol. The first kappa shape index (κ1) is 22.9. The van der Waals surface area contributed by atoms with Gasteiger partial charge in [0.2, 0.25) is 0 Å². The summed E-state index contributed by atoms with van der Waals surface area (Å²) in [5, 5.41) is 0.897. The van der Waals surface area contributed by atoms with E-state index in [-0.39, 0.29) is 12.4 Å².